The second-order valence-electron chi connectivity index (χ2n) is 10.5. The molecule has 0 atom stereocenters. The van der Waals surface area contributed by atoms with E-state index in [2.05, 4.69) is 0 Å². The highest BCUT2D eigenvalue weighted by Gasteiger charge is 2.32. The molecule has 214 valence electrons. The van der Waals surface area contributed by atoms with Crippen molar-refractivity contribution in [3.63, 3.8) is 0 Å². The molecule has 5 rings (SSSR count). The fourth-order valence-corrected chi connectivity index (χ4v) is 5.73. The van der Waals surface area contributed by atoms with E-state index in [1.807, 2.05) is 39.0 Å². The number of ether oxygens (including phenoxy) is 1. The second-order valence-corrected chi connectivity index (χ2v) is 10.9. The Hall–Kier alpha value is -4.18. The van der Waals surface area contributed by atoms with Gasteiger partial charge in [-0.15, -0.1) is 0 Å². The lowest BCUT2D eigenvalue weighted by molar-refractivity contribution is 0.0748. The number of hydrogen-bond acceptors (Lipinski definition) is 4. The molecule has 1 N–H and O–H groups in total. The van der Waals surface area contributed by atoms with E-state index in [1.54, 1.807) is 0 Å². The SMILES string of the molecule is COc1ccc(F)c(F)c1-c1cc2c(cc1Cl)n(CC1CN(C(=O)O)C1)c(=O)c(=O)n2-c1c(C)cccc1C(C)C. The van der Waals surface area contributed by atoms with E-state index in [0.29, 0.717) is 11.2 Å². The minimum Gasteiger partial charge on any atom is -0.496 e. The molecule has 1 aliphatic heterocycles. The number of amides is 1. The summed E-state index contributed by atoms with van der Waals surface area (Å²) in [6.45, 7) is 6.25. The predicted octanol–water partition coefficient (Wildman–Crippen LogP) is 5.80. The number of likely N-dealkylation sites (tertiary alicyclic amines) is 1. The van der Waals surface area contributed by atoms with Crippen LogP contribution in [0.15, 0.2) is 52.1 Å². The van der Waals surface area contributed by atoms with Crippen LogP contribution in [0.2, 0.25) is 5.02 Å². The molecule has 1 amide bonds. The van der Waals surface area contributed by atoms with Gasteiger partial charge in [-0.3, -0.25) is 14.2 Å². The molecule has 0 spiro atoms. The van der Waals surface area contributed by atoms with Crippen molar-refractivity contribution in [1.29, 1.82) is 0 Å². The first-order valence-electron chi connectivity index (χ1n) is 13.0. The van der Waals surface area contributed by atoms with E-state index >= 15 is 4.39 Å². The normalized spacial score (nSPS) is 13.6. The standard InChI is InChI=1S/C30H28ClF2N3O5/c1-15(2)18-7-5-6-16(3)27(18)36-23-10-19(25-24(41-4)9-8-21(32)26(25)33)20(31)11-22(23)35(28(37)29(36)38)14-17-12-34(13-17)30(39)40/h5-11,15,17H,12-14H2,1-4H3,(H,39,40). The van der Waals surface area contributed by atoms with Crippen molar-refractivity contribution in [2.45, 2.75) is 33.2 Å². The maximum absolute atomic E-state index is 15.2. The number of rotatable bonds is 6. The summed E-state index contributed by atoms with van der Waals surface area (Å²) < 4.78 is 37.6. The van der Waals surface area contributed by atoms with Gasteiger partial charge in [0.2, 0.25) is 0 Å². The van der Waals surface area contributed by atoms with Crippen LogP contribution in [0.1, 0.15) is 30.9 Å². The number of aryl methyl sites for hydroxylation is 1. The molecule has 1 saturated heterocycles. The van der Waals surface area contributed by atoms with Crippen LogP contribution in [0.3, 0.4) is 0 Å². The molecule has 1 fully saturated rings. The van der Waals surface area contributed by atoms with Crippen LogP contribution in [-0.2, 0) is 6.54 Å². The zero-order chi connectivity index (χ0) is 29.7. The summed E-state index contributed by atoms with van der Waals surface area (Å²) in [5.74, 6) is -2.46. The van der Waals surface area contributed by atoms with Crippen LogP contribution < -0.4 is 15.9 Å². The molecule has 11 heteroatoms. The summed E-state index contributed by atoms with van der Waals surface area (Å²) in [6.07, 6.45) is -1.06. The Morgan fingerprint density at radius 3 is 2.44 bits per heavy atom. The fraction of sp³-hybridized carbons (Fsp3) is 0.300. The van der Waals surface area contributed by atoms with Crippen molar-refractivity contribution in [3.05, 3.63) is 91.0 Å². The summed E-state index contributed by atoms with van der Waals surface area (Å²) in [6, 6.07) is 10.7. The van der Waals surface area contributed by atoms with Gasteiger partial charge in [0.1, 0.15) is 5.75 Å². The largest absolute Gasteiger partial charge is 0.496 e. The first-order chi connectivity index (χ1) is 19.4. The zero-order valence-corrected chi connectivity index (χ0v) is 23.6. The van der Waals surface area contributed by atoms with Gasteiger partial charge in [-0.05, 0) is 48.2 Å². The lowest BCUT2D eigenvalue weighted by Crippen LogP contribution is -2.52. The summed E-state index contributed by atoms with van der Waals surface area (Å²) in [5.41, 5.74) is 0.837. The Labute approximate surface area is 239 Å². The molecule has 0 unspecified atom stereocenters. The molecule has 0 aliphatic carbocycles. The fourth-order valence-electron chi connectivity index (χ4n) is 5.48. The van der Waals surface area contributed by atoms with Gasteiger partial charge in [0.25, 0.3) is 0 Å². The zero-order valence-electron chi connectivity index (χ0n) is 22.9. The van der Waals surface area contributed by atoms with Gasteiger partial charge in [-0.1, -0.05) is 43.6 Å². The number of aromatic nitrogens is 2. The van der Waals surface area contributed by atoms with E-state index in [0.717, 1.165) is 17.2 Å². The lowest BCUT2D eigenvalue weighted by atomic mass is 9.97. The van der Waals surface area contributed by atoms with Crippen molar-refractivity contribution >= 4 is 28.7 Å². The van der Waals surface area contributed by atoms with Crippen LogP contribution in [0.5, 0.6) is 5.75 Å². The van der Waals surface area contributed by atoms with Gasteiger partial charge in [-0.2, -0.15) is 0 Å². The first kappa shape index (κ1) is 28.4. The first-order valence-corrected chi connectivity index (χ1v) is 13.4. The monoisotopic (exact) mass is 583 g/mol. The van der Waals surface area contributed by atoms with Crippen molar-refractivity contribution in [2.24, 2.45) is 5.92 Å². The van der Waals surface area contributed by atoms with Crippen LogP contribution >= 0.6 is 11.6 Å². The molecule has 0 saturated carbocycles. The summed E-state index contributed by atoms with van der Waals surface area (Å²) in [4.78, 5) is 40.0. The van der Waals surface area contributed by atoms with Crippen molar-refractivity contribution in [1.82, 2.24) is 14.0 Å². The third-order valence-corrected chi connectivity index (χ3v) is 7.87. The smallest absolute Gasteiger partial charge is 0.407 e. The van der Waals surface area contributed by atoms with Gasteiger partial charge in [0.05, 0.1) is 34.4 Å². The van der Waals surface area contributed by atoms with Crippen LogP contribution in [0, 0.1) is 24.5 Å². The molecule has 1 aromatic heterocycles. The molecular formula is C30H28ClF2N3O5. The van der Waals surface area contributed by atoms with E-state index < -0.39 is 28.8 Å². The topological polar surface area (TPSA) is 93.8 Å². The number of methoxy groups -OCH3 is 1. The Kier molecular flexibility index (Phi) is 7.37. The summed E-state index contributed by atoms with van der Waals surface area (Å²) >= 11 is 6.68. The highest BCUT2D eigenvalue weighted by atomic mass is 35.5. The van der Waals surface area contributed by atoms with Crippen LogP contribution in [-0.4, -0.2) is 45.4 Å². The quantitative estimate of drug-likeness (QED) is 0.290. The van der Waals surface area contributed by atoms with Crippen molar-refractivity contribution in [3.8, 4) is 22.6 Å². The van der Waals surface area contributed by atoms with E-state index in [-0.39, 0.29) is 58.9 Å². The van der Waals surface area contributed by atoms with Crippen LogP contribution in [0.4, 0.5) is 13.6 Å². The molecule has 0 radical (unpaired) electrons. The van der Waals surface area contributed by atoms with Crippen molar-refractivity contribution in [2.75, 3.05) is 20.2 Å². The maximum atomic E-state index is 15.2. The van der Waals surface area contributed by atoms with Gasteiger partial charge in [-0.25, -0.2) is 13.6 Å². The number of carbonyl (C=O) groups is 1. The number of nitrogens with zero attached hydrogens (tertiary/aromatic N) is 3. The van der Waals surface area contributed by atoms with Gasteiger partial charge in [0.15, 0.2) is 11.6 Å². The minimum atomic E-state index is -1.17. The number of halogens is 3. The molecular weight excluding hydrogens is 556 g/mol. The molecule has 2 heterocycles. The lowest BCUT2D eigenvalue weighted by Gasteiger charge is -2.37. The highest BCUT2D eigenvalue weighted by Crippen LogP contribution is 2.40. The van der Waals surface area contributed by atoms with Crippen molar-refractivity contribution < 1.29 is 23.4 Å². The third kappa shape index (κ3) is 4.76. The third-order valence-electron chi connectivity index (χ3n) is 7.56. The molecule has 8 nitrogen and oxygen atoms in total. The maximum Gasteiger partial charge on any atom is 0.407 e. The van der Waals surface area contributed by atoms with E-state index in [4.69, 9.17) is 16.3 Å². The van der Waals surface area contributed by atoms with Crippen LogP contribution in [0.25, 0.3) is 27.8 Å². The van der Waals surface area contributed by atoms with Gasteiger partial charge >= 0.3 is 17.2 Å². The average molecular weight is 584 g/mol. The molecule has 41 heavy (non-hydrogen) atoms. The Bertz CT molecular complexity index is 1830. The molecule has 3 aromatic carbocycles. The number of benzene rings is 3. The van der Waals surface area contributed by atoms with E-state index in [1.165, 1.54) is 39.3 Å². The number of hydrogen-bond donors (Lipinski definition) is 1. The summed E-state index contributed by atoms with van der Waals surface area (Å²) in [7, 11) is 1.32. The minimum absolute atomic E-state index is 0.00767. The summed E-state index contributed by atoms with van der Waals surface area (Å²) in [5, 5.41) is 9.23. The predicted molar refractivity (Wildman–Crippen MR) is 153 cm³/mol. The Balaban J connectivity index is 1.87. The number of carboxylic acid groups (broad SMARTS) is 1. The Morgan fingerprint density at radius 1 is 1.10 bits per heavy atom. The second kappa shape index (κ2) is 10.7. The number of fused-ring (bicyclic) bond motifs is 1. The molecule has 1 aliphatic rings. The Morgan fingerprint density at radius 2 is 1.80 bits per heavy atom. The van der Waals surface area contributed by atoms with E-state index in [9.17, 15) is 23.9 Å². The highest BCUT2D eigenvalue weighted by molar-refractivity contribution is 6.34. The molecule has 0 bridgehead atoms. The van der Waals surface area contributed by atoms with Gasteiger partial charge < -0.3 is 19.3 Å². The molecule has 4 aromatic rings. The average Bonchev–Trinajstić information content (AvgIpc) is 2.90. The van der Waals surface area contributed by atoms with Gasteiger partial charge in [0, 0.05) is 31.1 Å². The number of para-hydroxylation sites is 1.